The number of hydrogen-bond donors (Lipinski definition) is 0. The molecule has 1 atom stereocenters. The molecule has 0 bridgehead atoms. The molecule has 0 spiro atoms. The molecule has 146 valence electrons. The van der Waals surface area contributed by atoms with E-state index in [0.717, 1.165) is 25.3 Å². The van der Waals surface area contributed by atoms with Crippen molar-refractivity contribution < 1.29 is 9.72 Å². The molecule has 1 aliphatic heterocycles. The van der Waals surface area contributed by atoms with Gasteiger partial charge in [-0.25, -0.2) is 0 Å². The van der Waals surface area contributed by atoms with Crippen molar-refractivity contribution in [3.05, 3.63) is 40.0 Å². The monoisotopic (exact) mass is 375 g/mol. The summed E-state index contributed by atoms with van der Waals surface area (Å²) in [6.07, 6.45) is 4.60. The molecule has 0 aromatic carbocycles. The molecule has 1 fully saturated rings. The minimum absolute atomic E-state index is 0.0605. The van der Waals surface area contributed by atoms with Gasteiger partial charge in [0, 0.05) is 51.5 Å². The number of nitrogens with zero attached hydrogens (tertiary/aromatic N) is 7. The minimum atomic E-state index is -0.487. The number of nitro groups is 1. The van der Waals surface area contributed by atoms with Crippen molar-refractivity contribution in [1.29, 1.82) is 0 Å². The Morgan fingerprint density at radius 3 is 2.56 bits per heavy atom. The lowest BCUT2D eigenvalue weighted by Crippen LogP contribution is -2.50. The number of aromatic nitrogens is 4. The highest BCUT2D eigenvalue weighted by molar-refractivity contribution is 5.78. The summed E-state index contributed by atoms with van der Waals surface area (Å²) in [5, 5.41) is 19.1. The molecule has 27 heavy (non-hydrogen) atoms. The van der Waals surface area contributed by atoms with E-state index in [0.29, 0.717) is 19.6 Å². The van der Waals surface area contributed by atoms with Crippen molar-refractivity contribution in [2.24, 2.45) is 13.0 Å². The number of carbonyl (C=O) groups excluding carboxylic acids is 1. The summed E-state index contributed by atoms with van der Waals surface area (Å²) in [5.41, 5.74) is 2.19. The summed E-state index contributed by atoms with van der Waals surface area (Å²) in [6.45, 7) is 8.02. The van der Waals surface area contributed by atoms with Gasteiger partial charge < -0.3 is 4.90 Å². The molecule has 0 N–H and O–H groups in total. The molecule has 1 amide bonds. The first-order chi connectivity index (χ1) is 12.8. The van der Waals surface area contributed by atoms with Crippen molar-refractivity contribution in [2.45, 2.75) is 26.9 Å². The third-order valence-corrected chi connectivity index (χ3v) is 4.91. The lowest BCUT2D eigenvalue weighted by Gasteiger charge is -2.35. The number of aryl methyl sites for hydroxylation is 2. The van der Waals surface area contributed by atoms with Crippen LogP contribution < -0.4 is 0 Å². The third-order valence-electron chi connectivity index (χ3n) is 4.91. The zero-order valence-electron chi connectivity index (χ0n) is 15.9. The molecular weight excluding hydrogens is 350 g/mol. The SMILES string of the molecule is Cc1nn(C)cc1CN1CCN(C(=O)C(C)Cn2cc([N+](=O)[O-])cn2)CC1. The Balaban J connectivity index is 1.50. The zero-order valence-corrected chi connectivity index (χ0v) is 15.9. The average Bonchev–Trinajstić information content (AvgIpc) is 3.21. The normalized spacial score (nSPS) is 16.5. The van der Waals surface area contributed by atoms with Gasteiger partial charge >= 0.3 is 5.69 Å². The maximum atomic E-state index is 12.7. The lowest BCUT2D eigenvalue weighted by molar-refractivity contribution is -0.385. The van der Waals surface area contributed by atoms with Gasteiger partial charge in [-0.1, -0.05) is 6.92 Å². The van der Waals surface area contributed by atoms with Crippen LogP contribution in [-0.2, 0) is 24.9 Å². The number of carbonyl (C=O) groups is 1. The van der Waals surface area contributed by atoms with Crippen LogP contribution in [0.25, 0.3) is 0 Å². The number of hydrogen-bond acceptors (Lipinski definition) is 6. The van der Waals surface area contributed by atoms with Crippen LogP contribution in [0, 0.1) is 23.0 Å². The molecule has 0 radical (unpaired) electrons. The quantitative estimate of drug-likeness (QED) is 0.547. The van der Waals surface area contributed by atoms with Gasteiger partial charge in [0.15, 0.2) is 0 Å². The number of amides is 1. The van der Waals surface area contributed by atoms with Crippen molar-refractivity contribution in [3.8, 4) is 0 Å². The molecule has 3 rings (SSSR count). The summed E-state index contributed by atoms with van der Waals surface area (Å²) in [5.74, 6) is -0.220. The van der Waals surface area contributed by atoms with Crippen LogP contribution in [0.2, 0.25) is 0 Å². The van der Waals surface area contributed by atoms with Gasteiger partial charge in [-0.05, 0) is 6.92 Å². The smallest absolute Gasteiger partial charge is 0.306 e. The molecule has 1 aliphatic rings. The number of piperazine rings is 1. The summed E-state index contributed by atoms with van der Waals surface area (Å²) in [6, 6.07) is 0. The first-order valence-corrected chi connectivity index (χ1v) is 9.00. The van der Waals surface area contributed by atoms with Crippen LogP contribution in [0.1, 0.15) is 18.2 Å². The zero-order chi connectivity index (χ0) is 19.6. The van der Waals surface area contributed by atoms with E-state index in [-0.39, 0.29) is 17.5 Å². The van der Waals surface area contributed by atoms with E-state index >= 15 is 0 Å². The fourth-order valence-electron chi connectivity index (χ4n) is 3.39. The molecule has 1 unspecified atom stereocenters. The van der Waals surface area contributed by atoms with Gasteiger partial charge in [0.05, 0.1) is 23.1 Å². The molecule has 10 heteroatoms. The van der Waals surface area contributed by atoms with E-state index < -0.39 is 4.92 Å². The molecule has 0 saturated carbocycles. The van der Waals surface area contributed by atoms with E-state index in [1.54, 1.807) is 0 Å². The summed E-state index contributed by atoms with van der Waals surface area (Å²) in [7, 11) is 1.92. The molecule has 10 nitrogen and oxygen atoms in total. The van der Waals surface area contributed by atoms with Gasteiger partial charge in [-0.15, -0.1) is 0 Å². The van der Waals surface area contributed by atoms with Crippen LogP contribution in [0.3, 0.4) is 0 Å². The summed E-state index contributed by atoms with van der Waals surface area (Å²) in [4.78, 5) is 27.1. The minimum Gasteiger partial charge on any atom is -0.340 e. The third kappa shape index (κ3) is 4.51. The Kier molecular flexibility index (Phi) is 5.54. The Morgan fingerprint density at radius 1 is 1.30 bits per heavy atom. The van der Waals surface area contributed by atoms with E-state index in [4.69, 9.17) is 0 Å². The average molecular weight is 375 g/mol. The Bertz CT molecular complexity index is 820. The first-order valence-electron chi connectivity index (χ1n) is 9.00. The van der Waals surface area contributed by atoms with Crippen LogP contribution in [0.5, 0.6) is 0 Å². The van der Waals surface area contributed by atoms with Crippen LogP contribution in [0.15, 0.2) is 18.6 Å². The predicted octanol–water partition coefficient (Wildman–Crippen LogP) is 0.814. The Morgan fingerprint density at radius 2 is 2.00 bits per heavy atom. The van der Waals surface area contributed by atoms with Gasteiger partial charge in [0.2, 0.25) is 5.91 Å². The van der Waals surface area contributed by atoms with Crippen molar-refractivity contribution in [3.63, 3.8) is 0 Å². The van der Waals surface area contributed by atoms with E-state index in [1.807, 2.05) is 36.7 Å². The maximum Gasteiger partial charge on any atom is 0.306 e. The maximum absolute atomic E-state index is 12.7. The molecule has 3 heterocycles. The number of rotatable bonds is 6. The largest absolute Gasteiger partial charge is 0.340 e. The van der Waals surface area contributed by atoms with Gasteiger partial charge in [0.1, 0.15) is 12.4 Å². The van der Waals surface area contributed by atoms with Gasteiger partial charge in [-0.3, -0.25) is 29.2 Å². The fraction of sp³-hybridized carbons (Fsp3) is 0.588. The van der Waals surface area contributed by atoms with Crippen molar-refractivity contribution in [2.75, 3.05) is 26.2 Å². The van der Waals surface area contributed by atoms with Crippen molar-refractivity contribution >= 4 is 11.6 Å². The van der Waals surface area contributed by atoms with E-state index in [9.17, 15) is 14.9 Å². The highest BCUT2D eigenvalue weighted by atomic mass is 16.6. The van der Waals surface area contributed by atoms with E-state index in [2.05, 4.69) is 15.1 Å². The van der Waals surface area contributed by atoms with E-state index in [1.165, 1.54) is 22.6 Å². The predicted molar refractivity (Wildman–Crippen MR) is 97.8 cm³/mol. The molecule has 1 saturated heterocycles. The second-order valence-corrected chi connectivity index (χ2v) is 7.09. The molecule has 2 aromatic rings. The van der Waals surface area contributed by atoms with Gasteiger partial charge in [-0.2, -0.15) is 10.2 Å². The summed E-state index contributed by atoms with van der Waals surface area (Å²) < 4.78 is 3.29. The highest BCUT2D eigenvalue weighted by Gasteiger charge is 2.26. The Hall–Kier alpha value is -2.75. The second kappa shape index (κ2) is 7.87. The van der Waals surface area contributed by atoms with Crippen LogP contribution >= 0.6 is 0 Å². The van der Waals surface area contributed by atoms with Crippen LogP contribution in [-0.4, -0.2) is 66.4 Å². The highest BCUT2D eigenvalue weighted by Crippen LogP contribution is 2.15. The second-order valence-electron chi connectivity index (χ2n) is 7.09. The van der Waals surface area contributed by atoms with Gasteiger partial charge in [0.25, 0.3) is 0 Å². The fourth-order valence-corrected chi connectivity index (χ4v) is 3.39. The topological polar surface area (TPSA) is 102 Å². The molecule has 2 aromatic heterocycles. The van der Waals surface area contributed by atoms with Crippen molar-refractivity contribution in [1.82, 2.24) is 29.4 Å². The summed E-state index contributed by atoms with van der Waals surface area (Å²) >= 11 is 0. The molecular formula is C17H25N7O3. The first kappa shape index (κ1) is 19.0. The standard InChI is InChI=1S/C17H25N7O3/c1-13(9-23-12-16(8-18-23)24(26)27)17(25)22-6-4-21(5-7-22)11-15-10-20(3)19-14(15)2/h8,10,12-13H,4-7,9,11H2,1-3H3. The molecule has 0 aliphatic carbocycles. The Labute approximate surface area is 157 Å². The van der Waals surface area contributed by atoms with Crippen LogP contribution in [0.4, 0.5) is 5.69 Å². The lowest BCUT2D eigenvalue weighted by atomic mass is 10.1.